The third kappa shape index (κ3) is 2.00. The van der Waals surface area contributed by atoms with Gasteiger partial charge >= 0.3 is 0 Å². The highest BCUT2D eigenvalue weighted by molar-refractivity contribution is 9.10. The molecule has 1 aliphatic carbocycles. The number of benzene rings is 1. The van der Waals surface area contributed by atoms with E-state index in [9.17, 15) is 0 Å². The number of aryl methyl sites for hydroxylation is 1. The molecule has 0 radical (unpaired) electrons. The van der Waals surface area contributed by atoms with Crippen molar-refractivity contribution >= 4 is 38.6 Å². The maximum Gasteiger partial charge on any atom is 0.111 e. The van der Waals surface area contributed by atoms with Gasteiger partial charge in [0.25, 0.3) is 0 Å². The highest BCUT2D eigenvalue weighted by Crippen LogP contribution is 2.45. The highest BCUT2D eigenvalue weighted by atomic mass is 79.9. The van der Waals surface area contributed by atoms with Crippen molar-refractivity contribution in [3.8, 4) is 0 Å². The van der Waals surface area contributed by atoms with Gasteiger partial charge in [-0.05, 0) is 30.5 Å². The van der Waals surface area contributed by atoms with E-state index in [0.717, 1.165) is 28.2 Å². The zero-order valence-electron chi connectivity index (χ0n) is 9.66. The monoisotopic (exact) mass is 312 g/mol. The summed E-state index contributed by atoms with van der Waals surface area (Å²) >= 11 is 9.40. The van der Waals surface area contributed by atoms with Gasteiger partial charge in [0.1, 0.15) is 5.82 Å². The van der Waals surface area contributed by atoms with Crippen molar-refractivity contribution in [2.45, 2.75) is 25.8 Å². The van der Waals surface area contributed by atoms with Crippen molar-refractivity contribution in [3.05, 3.63) is 28.5 Å². The molecule has 1 aromatic carbocycles. The average Bonchev–Trinajstić information content (AvgIpc) is 2.89. The first-order valence-electron chi connectivity index (χ1n) is 5.93. The van der Waals surface area contributed by atoms with E-state index in [1.54, 1.807) is 0 Å². The molecule has 2 unspecified atom stereocenters. The molecule has 0 N–H and O–H groups in total. The van der Waals surface area contributed by atoms with Crippen LogP contribution in [-0.4, -0.2) is 15.4 Å². The normalized spacial score (nSPS) is 23.2. The van der Waals surface area contributed by atoms with Crippen LogP contribution >= 0.6 is 27.5 Å². The molecule has 17 heavy (non-hydrogen) atoms. The van der Waals surface area contributed by atoms with Gasteiger partial charge in [-0.2, -0.15) is 0 Å². The second-order valence-electron chi connectivity index (χ2n) is 4.75. The summed E-state index contributed by atoms with van der Waals surface area (Å²) in [5, 5.41) is 0. The van der Waals surface area contributed by atoms with E-state index in [4.69, 9.17) is 16.6 Å². The number of nitrogens with zero attached hydrogens (tertiary/aromatic N) is 2. The lowest BCUT2D eigenvalue weighted by atomic mass is 10.3. The van der Waals surface area contributed by atoms with Crippen LogP contribution in [0.1, 0.15) is 25.2 Å². The summed E-state index contributed by atoms with van der Waals surface area (Å²) in [5.74, 6) is 2.52. The second kappa shape index (κ2) is 4.29. The molecule has 2 nitrogen and oxygen atoms in total. The van der Waals surface area contributed by atoms with Gasteiger partial charge in [0.05, 0.1) is 11.0 Å². The Morgan fingerprint density at radius 1 is 1.53 bits per heavy atom. The van der Waals surface area contributed by atoms with Gasteiger partial charge in [-0.3, -0.25) is 0 Å². The highest BCUT2D eigenvalue weighted by Gasteiger charge is 2.36. The van der Waals surface area contributed by atoms with E-state index in [0.29, 0.717) is 11.9 Å². The molecule has 2 atom stereocenters. The molecule has 4 heteroatoms. The third-order valence-corrected chi connectivity index (χ3v) is 4.12. The molecule has 0 amide bonds. The fraction of sp³-hybridized carbons (Fsp3) is 0.462. The van der Waals surface area contributed by atoms with E-state index in [1.165, 1.54) is 11.9 Å². The van der Waals surface area contributed by atoms with Gasteiger partial charge in [-0.25, -0.2) is 4.98 Å². The number of aromatic nitrogens is 2. The minimum absolute atomic E-state index is 0.618. The van der Waals surface area contributed by atoms with Crippen LogP contribution in [0.25, 0.3) is 11.0 Å². The molecule has 1 aromatic heterocycles. The molecule has 1 saturated carbocycles. The Morgan fingerprint density at radius 3 is 2.94 bits per heavy atom. The Balaban J connectivity index is 2.18. The summed E-state index contributed by atoms with van der Waals surface area (Å²) in [6.07, 6.45) is 2.10. The van der Waals surface area contributed by atoms with Crippen LogP contribution in [0.4, 0.5) is 0 Å². The summed E-state index contributed by atoms with van der Waals surface area (Å²) in [7, 11) is 0. The number of imidazole rings is 1. The van der Waals surface area contributed by atoms with Crippen molar-refractivity contribution in [1.82, 2.24) is 9.55 Å². The summed E-state index contributed by atoms with van der Waals surface area (Å²) in [5.41, 5.74) is 2.31. The zero-order valence-corrected chi connectivity index (χ0v) is 12.0. The first-order chi connectivity index (χ1) is 8.20. The SMILES string of the molecule is CC1CC1n1c(CCCl)nc2ccc(Br)cc21. The van der Waals surface area contributed by atoms with Crippen molar-refractivity contribution in [3.63, 3.8) is 0 Å². The summed E-state index contributed by atoms with van der Waals surface area (Å²) in [4.78, 5) is 4.70. The van der Waals surface area contributed by atoms with E-state index in [1.807, 2.05) is 6.07 Å². The van der Waals surface area contributed by atoms with E-state index < -0.39 is 0 Å². The van der Waals surface area contributed by atoms with Crippen LogP contribution in [0.2, 0.25) is 0 Å². The van der Waals surface area contributed by atoms with Crippen molar-refractivity contribution in [2.75, 3.05) is 5.88 Å². The topological polar surface area (TPSA) is 17.8 Å². The van der Waals surface area contributed by atoms with Crippen LogP contribution in [0.15, 0.2) is 22.7 Å². The van der Waals surface area contributed by atoms with Gasteiger partial charge in [0, 0.05) is 22.8 Å². The lowest BCUT2D eigenvalue weighted by molar-refractivity contribution is 0.665. The molecule has 1 heterocycles. The molecule has 0 saturated heterocycles. The Kier molecular flexibility index (Phi) is 2.91. The molecule has 1 aliphatic rings. The van der Waals surface area contributed by atoms with Crippen molar-refractivity contribution < 1.29 is 0 Å². The van der Waals surface area contributed by atoms with E-state index >= 15 is 0 Å². The first-order valence-corrected chi connectivity index (χ1v) is 7.26. The molecule has 1 fully saturated rings. The van der Waals surface area contributed by atoms with Crippen LogP contribution in [-0.2, 0) is 6.42 Å². The lowest BCUT2D eigenvalue weighted by Crippen LogP contribution is -2.03. The van der Waals surface area contributed by atoms with Crippen molar-refractivity contribution in [1.29, 1.82) is 0 Å². The number of hydrogen-bond acceptors (Lipinski definition) is 1. The Hall–Kier alpha value is -0.540. The molecule has 3 rings (SSSR count). The van der Waals surface area contributed by atoms with Crippen LogP contribution < -0.4 is 0 Å². The molecular weight excluding hydrogens is 300 g/mol. The number of hydrogen-bond donors (Lipinski definition) is 0. The Bertz CT molecular complexity index is 564. The van der Waals surface area contributed by atoms with Gasteiger partial charge in [0.2, 0.25) is 0 Å². The molecule has 2 aromatic rings. The van der Waals surface area contributed by atoms with E-state index in [-0.39, 0.29) is 0 Å². The quantitative estimate of drug-likeness (QED) is 0.778. The number of halogens is 2. The average molecular weight is 314 g/mol. The standard InChI is InChI=1S/C13H14BrClN2/c1-8-6-11(8)17-12-7-9(14)2-3-10(12)16-13(17)4-5-15/h2-3,7-8,11H,4-6H2,1H3. The van der Waals surface area contributed by atoms with Gasteiger partial charge in [-0.15, -0.1) is 11.6 Å². The van der Waals surface area contributed by atoms with Crippen LogP contribution in [0, 0.1) is 5.92 Å². The maximum absolute atomic E-state index is 5.87. The molecule has 0 aliphatic heterocycles. The fourth-order valence-electron chi connectivity index (χ4n) is 2.41. The lowest BCUT2D eigenvalue weighted by Gasteiger charge is -2.07. The summed E-state index contributed by atoms with van der Waals surface area (Å²) in [6, 6.07) is 6.89. The van der Waals surface area contributed by atoms with Crippen LogP contribution in [0.5, 0.6) is 0 Å². The molecular formula is C13H14BrClN2. The fourth-order valence-corrected chi connectivity index (χ4v) is 2.93. The number of alkyl halides is 1. The first kappa shape index (κ1) is 11.5. The maximum atomic E-state index is 5.87. The molecule has 90 valence electrons. The predicted molar refractivity (Wildman–Crippen MR) is 74.7 cm³/mol. The zero-order chi connectivity index (χ0) is 12.0. The summed E-state index contributed by atoms with van der Waals surface area (Å²) < 4.78 is 3.49. The van der Waals surface area contributed by atoms with Crippen LogP contribution in [0.3, 0.4) is 0 Å². The minimum atomic E-state index is 0.618. The van der Waals surface area contributed by atoms with Gasteiger partial charge in [-0.1, -0.05) is 22.9 Å². The minimum Gasteiger partial charge on any atom is -0.325 e. The van der Waals surface area contributed by atoms with E-state index in [2.05, 4.69) is 39.6 Å². The number of rotatable bonds is 3. The van der Waals surface area contributed by atoms with Gasteiger partial charge in [0.15, 0.2) is 0 Å². The number of fused-ring (bicyclic) bond motifs is 1. The molecule has 0 bridgehead atoms. The second-order valence-corrected chi connectivity index (χ2v) is 6.04. The smallest absolute Gasteiger partial charge is 0.111 e. The predicted octanol–water partition coefficient (Wildman–Crippen LogP) is 4.16. The summed E-state index contributed by atoms with van der Waals surface area (Å²) in [6.45, 7) is 2.29. The largest absolute Gasteiger partial charge is 0.325 e. The Morgan fingerprint density at radius 2 is 2.29 bits per heavy atom. The Labute approximate surface area is 114 Å². The van der Waals surface area contributed by atoms with Crippen molar-refractivity contribution in [2.24, 2.45) is 5.92 Å². The molecule has 0 spiro atoms. The third-order valence-electron chi connectivity index (χ3n) is 3.44. The van der Waals surface area contributed by atoms with Gasteiger partial charge < -0.3 is 4.57 Å².